The molecule has 0 aliphatic heterocycles. The number of oxazole rings is 1. The van der Waals surface area contributed by atoms with Gasteiger partial charge in [0.2, 0.25) is 5.89 Å². The van der Waals surface area contributed by atoms with Crippen LogP contribution in [0.5, 0.6) is 0 Å². The smallest absolute Gasteiger partial charge is 0.221 e. The first-order valence-corrected chi connectivity index (χ1v) is 4.42. The first-order chi connectivity index (χ1) is 6.70. The first kappa shape index (κ1) is 9.48. The quantitative estimate of drug-likeness (QED) is 0.778. The van der Waals surface area contributed by atoms with E-state index in [2.05, 4.69) is 17.6 Å². The highest BCUT2D eigenvalue weighted by molar-refractivity contribution is 7.80. The van der Waals surface area contributed by atoms with Crippen LogP contribution in [0, 0.1) is 5.82 Å². The van der Waals surface area contributed by atoms with Crippen LogP contribution in [-0.4, -0.2) is 12.1 Å². The van der Waals surface area contributed by atoms with Crippen LogP contribution in [0.3, 0.4) is 0 Å². The van der Waals surface area contributed by atoms with Gasteiger partial charge in [0.15, 0.2) is 5.58 Å². The summed E-state index contributed by atoms with van der Waals surface area (Å²) in [4.78, 5) is 4.29. The molecule has 1 aromatic heterocycles. The number of halogens is 1. The molecule has 0 saturated heterocycles. The summed E-state index contributed by atoms with van der Waals surface area (Å²) in [7, 11) is 1.54. The van der Waals surface area contributed by atoms with Gasteiger partial charge in [-0.1, -0.05) is 0 Å². The molecule has 74 valence electrons. The van der Waals surface area contributed by atoms with Crippen LogP contribution in [0.25, 0.3) is 11.1 Å². The lowest BCUT2D eigenvalue weighted by atomic mass is 10.3. The van der Waals surface area contributed by atoms with Crippen LogP contribution in [-0.2, 0) is 11.3 Å². The molecule has 1 heterocycles. The highest BCUT2D eigenvalue weighted by atomic mass is 32.1. The van der Waals surface area contributed by atoms with Gasteiger partial charge in [-0.25, -0.2) is 9.37 Å². The van der Waals surface area contributed by atoms with Gasteiger partial charge in [0.05, 0.1) is 0 Å². The molecule has 0 spiro atoms. The lowest BCUT2D eigenvalue weighted by Gasteiger charge is -1.91. The normalized spacial score (nSPS) is 11.1. The van der Waals surface area contributed by atoms with Gasteiger partial charge in [0.1, 0.15) is 17.9 Å². The van der Waals surface area contributed by atoms with E-state index in [1.165, 1.54) is 12.1 Å². The SMILES string of the molecule is COCc1nc2cc(F)c(S)cc2o1. The molecular weight excluding hydrogens is 205 g/mol. The second-order valence-corrected chi connectivity index (χ2v) is 3.29. The largest absolute Gasteiger partial charge is 0.438 e. The first-order valence-electron chi connectivity index (χ1n) is 3.97. The molecule has 3 nitrogen and oxygen atoms in total. The van der Waals surface area contributed by atoms with Gasteiger partial charge in [0, 0.05) is 18.1 Å². The monoisotopic (exact) mass is 213 g/mol. The lowest BCUT2D eigenvalue weighted by molar-refractivity contribution is 0.161. The Hall–Kier alpha value is -1.07. The fraction of sp³-hybridized carbons (Fsp3) is 0.222. The van der Waals surface area contributed by atoms with Crippen molar-refractivity contribution in [2.24, 2.45) is 0 Å². The van der Waals surface area contributed by atoms with Crippen LogP contribution in [0.2, 0.25) is 0 Å². The molecule has 2 aromatic rings. The summed E-state index contributed by atoms with van der Waals surface area (Å²) >= 11 is 3.94. The third-order valence-electron chi connectivity index (χ3n) is 1.77. The van der Waals surface area contributed by atoms with Crippen molar-refractivity contribution in [3.05, 3.63) is 23.8 Å². The Kier molecular flexibility index (Phi) is 2.43. The molecule has 0 aliphatic rings. The molecule has 0 atom stereocenters. The van der Waals surface area contributed by atoms with Crippen LogP contribution in [0.4, 0.5) is 4.39 Å². The summed E-state index contributed by atoms with van der Waals surface area (Å²) in [6.45, 7) is 0.276. The van der Waals surface area contributed by atoms with E-state index in [0.29, 0.717) is 17.0 Å². The van der Waals surface area contributed by atoms with Crippen molar-refractivity contribution in [2.45, 2.75) is 11.5 Å². The van der Waals surface area contributed by atoms with E-state index in [0.717, 1.165) is 0 Å². The average Bonchev–Trinajstić information content (AvgIpc) is 2.48. The standard InChI is InChI=1S/C9H8FNO2S/c1-12-4-9-11-6-2-5(10)8(14)3-7(6)13-9/h2-3,14H,4H2,1H3. The zero-order chi connectivity index (χ0) is 10.1. The summed E-state index contributed by atoms with van der Waals surface area (Å²) < 4.78 is 23.2. The minimum Gasteiger partial charge on any atom is -0.438 e. The van der Waals surface area contributed by atoms with Gasteiger partial charge in [-0.3, -0.25) is 0 Å². The Bertz CT molecular complexity index is 430. The van der Waals surface area contributed by atoms with Gasteiger partial charge in [-0.2, -0.15) is 0 Å². The number of benzene rings is 1. The molecule has 0 amide bonds. The van der Waals surface area contributed by atoms with E-state index >= 15 is 0 Å². The Morgan fingerprint density at radius 3 is 3.07 bits per heavy atom. The number of aromatic nitrogens is 1. The van der Waals surface area contributed by atoms with Crippen molar-refractivity contribution in [3.63, 3.8) is 0 Å². The fourth-order valence-corrected chi connectivity index (χ4v) is 1.35. The van der Waals surface area contributed by atoms with E-state index < -0.39 is 5.82 Å². The molecule has 5 heteroatoms. The lowest BCUT2D eigenvalue weighted by Crippen LogP contribution is -1.85. The maximum atomic E-state index is 13.1. The number of methoxy groups -OCH3 is 1. The molecule has 0 radical (unpaired) electrons. The minimum atomic E-state index is -0.405. The van der Waals surface area contributed by atoms with Crippen molar-refractivity contribution >= 4 is 23.7 Å². The van der Waals surface area contributed by atoms with Gasteiger partial charge < -0.3 is 9.15 Å². The summed E-state index contributed by atoms with van der Waals surface area (Å²) in [5.74, 6) is 0.0268. The van der Waals surface area contributed by atoms with E-state index in [9.17, 15) is 4.39 Å². The van der Waals surface area contributed by atoms with Crippen molar-refractivity contribution in [1.29, 1.82) is 0 Å². The summed E-state index contributed by atoms with van der Waals surface area (Å²) in [5.41, 5.74) is 0.996. The van der Waals surface area contributed by atoms with E-state index in [4.69, 9.17) is 9.15 Å². The summed E-state index contributed by atoms with van der Waals surface area (Å²) in [6, 6.07) is 2.79. The molecule has 1 aromatic carbocycles. The third kappa shape index (κ3) is 1.60. The topological polar surface area (TPSA) is 35.3 Å². The number of rotatable bonds is 2. The molecule has 0 aliphatic carbocycles. The number of hydrogen-bond donors (Lipinski definition) is 1. The Morgan fingerprint density at radius 1 is 1.57 bits per heavy atom. The Labute approximate surface area is 85.3 Å². The van der Waals surface area contributed by atoms with Gasteiger partial charge >= 0.3 is 0 Å². The predicted octanol–water partition coefficient (Wildman–Crippen LogP) is 2.40. The van der Waals surface area contributed by atoms with Crippen molar-refractivity contribution in [3.8, 4) is 0 Å². The Morgan fingerprint density at radius 2 is 2.36 bits per heavy atom. The van der Waals surface area contributed by atoms with Crippen molar-refractivity contribution in [1.82, 2.24) is 4.98 Å². The Balaban J connectivity index is 2.54. The molecule has 0 fully saturated rings. The van der Waals surface area contributed by atoms with Gasteiger partial charge in [-0.05, 0) is 6.07 Å². The van der Waals surface area contributed by atoms with Gasteiger partial charge in [0.25, 0.3) is 0 Å². The highest BCUT2D eigenvalue weighted by Gasteiger charge is 2.08. The van der Waals surface area contributed by atoms with Crippen LogP contribution in [0.1, 0.15) is 5.89 Å². The summed E-state index contributed by atoms with van der Waals surface area (Å²) in [6.07, 6.45) is 0. The number of hydrogen-bond acceptors (Lipinski definition) is 4. The van der Waals surface area contributed by atoms with E-state index in [1.807, 2.05) is 0 Å². The van der Waals surface area contributed by atoms with E-state index in [1.54, 1.807) is 7.11 Å². The molecule has 14 heavy (non-hydrogen) atoms. The predicted molar refractivity (Wildman–Crippen MR) is 51.9 cm³/mol. The zero-order valence-electron chi connectivity index (χ0n) is 7.45. The third-order valence-corrected chi connectivity index (χ3v) is 2.11. The molecular formula is C9H8FNO2S. The number of fused-ring (bicyclic) bond motifs is 1. The van der Waals surface area contributed by atoms with Crippen molar-refractivity contribution < 1.29 is 13.5 Å². The fourth-order valence-electron chi connectivity index (χ4n) is 1.17. The van der Waals surface area contributed by atoms with Crippen LogP contribution >= 0.6 is 12.6 Å². The zero-order valence-corrected chi connectivity index (χ0v) is 8.35. The molecule has 0 N–H and O–H groups in total. The molecule has 0 saturated carbocycles. The second-order valence-electron chi connectivity index (χ2n) is 2.81. The molecule has 2 rings (SSSR count). The average molecular weight is 213 g/mol. The maximum Gasteiger partial charge on any atom is 0.221 e. The summed E-state index contributed by atoms with van der Waals surface area (Å²) in [5, 5.41) is 0. The number of thiol groups is 1. The van der Waals surface area contributed by atoms with Crippen LogP contribution in [0.15, 0.2) is 21.4 Å². The minimum absolute atomic E-state index is 0.248. The van der Waals surface area contributed by atoms with Gasteiger partial charge in [-0.15, -0.1) is 12.6 Å². The highest BCUT2D eigenvalue weighted by Crippen LogP contribution is 2.22. The molecule has 0 unspecified atom stereocenters. The maximum absolute atomic E-state index is 13.1. The number of nitrogens with zero attached hydrogens (tertiary/aromatic N) is 1. The van der Waals surface area contributed by atoms with Crippen LogP contribution < -0.4 is 0 Å². The van der Waals surface area contributed by atoms with E-state index in [-0.39, 0.29) is 11.5 Å². The number of ether oxygens (including phenoxy) is 1. The second kappa shape index (κ2) is 3.59. The van der Waals surface area contributed by atoms with Crippen molar-refractivity contribution in [2.75, 3.05) is 7.11 Å². The molecule has 0 bridgehead atoms.